The van der Waals surface area contributed by atoms with Crippen molar-refractivity contribution in [3.8, 4) is 5.75 Å². The van der Waals surface area contributed by atoms with Gasteiger partial charge >= 0.3 is 0 Å². The van der Waals surface area contributed by atoms with Gasteiger partial charge in [-0.15, -0.1) is 0 Å². The van der Waals surface area contributed by atoms with Gasteiger partial charge in [0.2, 0.25) is 5.91 Å². The third kappa shape index (κ3) is 5.56. The van der Waals surface area contributed by atoms with Gasteiger partial charge in [0.05, 0.1) is 6.61 Å². The molecule has 0 spiro atoms. The lowest BCUT2D eigenvalue weighted by atomic mass is 10.2. The minimum atomic E-state index is 0.0669. The molecular weight excluding hydrogens is 276 g/mol. The number of nitrogens with one attached hydrogen (secondary N) is 1. The number of ether oxygens (including phenoxy) is 1. The molecule has 1 aromatic heterocycles. The Morgan fingerprint density at radius 1 is 1.23 bits per heavy atom. The number of amides is 1. The van der Waals surface area contributed by atoms with Crippen molar-refractivity contribution in [2.75, 3.05) is 13.2 Å². The molecule has 116 valence electrons. The van der Waals surface area contributed by atoms with E-state index in [1.54, 1.807) is 6.20 Å². The Labute approximate surface area is 131 Å². The first-order valence-electron chi connectivity index (χ1n) is 7.60. The third-order valence-electron chi connectivity index (χ3n) is 3.36. The van der Waals surface area contributed by atoms with Crippen LogP contribution < -0.4 is 10.1 Å². The fourth-order valence-corrected chi connectivity index (χ4v) is 2.11. The minimum Gasteiger partial charge on any atom is -0.493 e. The second kappa shape index (κ2) is 8.82. The number of para-hydroxylation sites is 1. The van der Waals surface area contributed by atoms with Gasteiger partial charge in [0.15, 0.2) is 0 Å². The van der Waals surface area contributed by atoms with Crippen LogP contribution in [0, 0.1) is 6.92 Å². The predicted molar refractivity (Wildman–Crippen MR) is 86.9 cm³/mol. The molecule has 1 aromatic carbocycles. The van der Waals surface area contributed by atoms with Crippen molar-refractivity contribution in [1.82, 2.24) is 10.3 Å². The fraction of sp³-hybridized carbons (Fsp3) is 0.333. The largest absolute Gasteiger partial charge is 0.493 e. The zero-order valence-electron chi connectivity index (χ0n) is 12.9. The van der Waals surface area contributed by atoms with Crippen molar-refractivity contribution in [1.29, 1.82) is 0 Å². The van der Waals surface area contributed by atoms with E-state index in [-0.39, 0.29) is 5.91 Å². The van der Waals surface area contributed by atoms with Crippen LogP contribution in [0.25, 0.3) is 0 Å². The molecule has 0 aliphatic carbocycles. The lowest BCUT2D eigenvalue weighted by molar-refractivity contribution is -0.121. The number of nitrogens with zero attached hydrogens (tertiary/aromatic N) is 1. The Morgan fingerprint density at radius 2 is 2.09 bits per heavy atom. The summed E-state index contributed by atoms with van der Waals surface area (Å²) in [5.41, 5.74) is 2.24. The Kier molecular flexibility index (Phi) is 6.42. The molecule has 4 nitrogen and oxygen atoms in total. The van der Waals surface area contributed by atoms with Crippen molar-refractivity contribution in [3.05, 3.63) is 59.9 Å². The van der Waals surface area contributed by atoms with Gasteiger partial charge in [0.1, 0.15) is 5.75 Å². The molecule has 1 N–H and O–H groups in total. The van der Waals surface area contributed by atoms with Gasteiger partial charge in [-0.3, -0.25) is 9.78 Å². The van der Waals surface area contributed by atoms with Crippen LogP contribution in [0.5, 0.6) is 5.75 Å². The molecule has 0 fully saturated rings. The molecular formula is C18H22N2O2. The molecule has 0 atom stereocenters. The predicted octanol–water partition coefficient (Wildman–Crippen LogP) is 2.91. The number of hydrogen-bond acceptors (Lipinski definition) is 3. The van der Waals surface area contributed by atoms with Crippen LogP contribution in [-0.4, -0.2) is 24.0 Å². The number of pyridine rings is 1. The van der Waals surface area contributed by atoms with Crippen LogP contribution in [0.1, 0.15) is 24.0 Å². The summed E-state index contributed by atoms with van der Waals surface area (Å²) >= 11 is 0. The van der Waals surface area contributed by atoms with Gasteiger partial charge in [0, 0.05) is 25.4 Å². The Bertz CT molecular complexity index is 585. The van der Waals surface area contributed by atoms with E-state index < -0.39 is 0 Å². The molecule has 1 amide bonds. The lowest BCUT2D eigenvalue weighted by Gasteiger charge is -2.09. The molecule has 0 saturated carbocycles. The first-order valence-corrected chi connectivity index (χ1v) is 7.60. The molecule has 0 bridgehead atoms. The quantitative estimate of drug-likeness (QED) is 0.762. The molecule has 22 heavy (non-hydrogen) atoms. The number of rotatable bonds is 8. The Hall–Kier alpha value is -2.36. The van der Waals surface area contributed by atoms with Gasteiger partial charge in [-0.2, -0.15) is 0 Å². The molecule has 2 aromatic rings. The van der Waals surface area contributed by atoms with Crippen LogP contribution in [0.2, 0.25) is 0 Å². The number of aromatic nitrogens is 1. The Morgan fingerprint density at radius 3 is 2.86 bits per heavy atom. The van der Waals surface area contributed by atoms with Crippen molar-refractivity contribution in [2.45, 2.75) is 26.2 Å². The summed E-state index contributed by atoms with van der Waals surface area (Å²) in [5, 5.41) is 2.92. The van der Waals surface area contributed by atoms with E-state index in [4.69, 9.17) is 4.74 Å². The first-order chi connectivity index (χ1) is 10.8. The van der Waals surface area contributed by atoms with Crippen molar-refractivity contribution in [2.24, 2.45) is 0 Å². The summed E-state index contributed by atoms with van der Waals surface area (Å²) in [6.45, 7) is 3.21. The van der Waals surface area contributed by atoms with Crippen LogP contribution in [0.4, 0.5) is 0 Å². The molecule has 0 radical (unpaired) electrons. The number of benzene rings is 1. The number of carbonyl (C=O) groups excluding carboxylic acids is 1. The van der Waals surface area contributed by atoms with E-state index in [1.165, 1.54) is 0 Å². The molecule has 0 saturated heterocycles. The van der Waals surface area contributed by atoms with Gasteiger partial charge in [-0.25, -0.2) is 0 Å². The van der Waals surface area contributed by atoms with E-state index in [0.717, 1.165) is 23.3 Å². The summed E-state index contributed by atoms with van der Waals surface area (Å²) in [6.07, 6.45) is 5.57. The van der Waals surface area contributed by atoms with Gasteiger partial charge in [-0.1, -0.05) is 24.3 Å². The zero-order chi connectivity index (χ0) is 15.6. The minimum absolute atomic E-state index is 0.0669. The third-order valence-corrected chi connectivity index (χ3v) is 3.36. The highest BCUT2D eigenvalue weighted by Gasteiger charge is 2.02. The summed E-state index contributed by atoms with van der Waals surface area (Å²) in [6, 6.07) is 11.8. The van der Waals surface area contributed by atoms with Gasteiger partial charge in [-0.05, 0) is 43.0 Å². The second-order valence-electron chi connectivity index (χ2n) is 5.18. The van der Waals surface area contributed by atoms with Crippen LogP contribution in [0.15, 0.2) is 48.8 Å². The normalized spacial score (nSPS) is 10.2. The van der Waals surface area contributed by atoms with Crippen LogP contribution >= 0.6 is 0 Å². The highest BCUT2D eigenvalue weighted by Crippen LogP contribution is 2.16. The first kappa shape index (κ1) is 16.0. The maximum atomic E-state index is 11.7. The lowest BCUT2D eigenvalue weighted by Crippen LogP contribution is -2.25. The molecule has 2 rings (SSSR count). The second-order valence-corrected chi connectivity index (χ2v) is 5.18. The summed E-state index contributed by atoms with van der Waals surface area (Å²) in [5.74, 6) is 0.955. The van der Waals surface area contributed by atoms with Gasteiger partial charge in [0.25, 0.3) is 0 Å². The summed E-state index contributed by atoms with van der Waals surface area (Å²) < 4.78 is 5.67. The van der Waals surface area contributed by atoms with E-state index in [9.17, 15) is 4.79 Å². The monoisotopic (exact) mass is 298 g/mol. The highest BCUT2D eigenvalue weighted by molar-refractivity contribution is 5.75. The van der Waals surface area contributed by atoms with Crippen molar-refractivity contribution >= 4 is 5.91 Å². The molecule has 0 aliphatic rings. The molecule has 1 heterocycles. The van der Waals surface area contributed by atoms with Crippen molar-refractivity contribution in [3.63, 3.8) is 0 Å². The van der Waals surface area contributed by atoms with E-state index in [2.05, 4.69) is 10.3 Å². The number of carbonyl (C=O) groups is 1. The smallest absolute Gasteiger partial charge is 0.220 e. The topological polar surface area (TPSA) is 51.2 Å². The van der Waals surface area contributed by atoms with Crippen LogP contribution in [-0.2, 0) is 11.2 Å². The molecule has 0 unspecified atom stereocenters. The number of aryl methyl sites for hydroxylation is 1. The van der Waals surface area contributed by atoms with E-state index in [0.29, 0.717) is 26.0 Å². The number of hydrogen-bond donors (Lipinski definition) is 1. The average molecular weight is 298 g/mol. The summed E-state index contributed by atoms with van der Waals surface area (Å²) in [4.78, 5) is 15.8. The maximum absolute atomic E-state index is 11.7. The van der Waals surface area contributed by atoms with E-state index in [1.807, 2.05) is 49.5 Å². The van der Waals surface area contributed by atoms with Crippen LogP contribution in [0.3, 0.4) is 0 Å². The van der Waals surface area contributed by atoms with E-state index >= 15 is 0 Å². The standard InChI is InChI=1S/C18H22N2O2/c1-15-6-2-3-8-17(15)22-13-5-9-18(21)20-12-10-16-7-4-11-19-14-16/h2-4,6-8,11,14H,5,9-10,12-13H2,1H3,(H,20,21). The fourth-order valence-electron chi connectivity index (χ4n) is 2.11. The molecule has 4 heteroatoms. The highest BCUT2D eigenvalue weighted by atomic mass is 16.5. The zero-order valence-corrected chi connectivity index (χ0v) is 12.9. The SMILES string of the molecule is Cc1ccccc1OCCCC(=O)NCCc1cccnc1. The maximum Gasteiger partial charge on any atom is 0.220 e. The van der Waals surface area contributed by atoms with Crippen molar-refractivity contribution < 1.29 is 9.53 Å². The average Bonchev–Trinajstić information content (AvgIpc) is 2.54. The summed E-state index contributed by atoms with van der Waals surface area (Å²) in [7, 11) is 0. The Balaban J connectivity index is 1.57. The van der Waals surface area contributed by atoms with Gasteiger partial charge < -0.3 is 10.1 Å². The molecule has 0 aliphatic heterocycles.